The zero-order valence-electron chi connectivity index (χ0n) is 10.4. The molecule has 102 valence electrons. The summed E-state index contributed by atoms with van der Waals surface area (Å²) in [7, 11) is -4.40. The fourth-order valence-corrected chi connectivity index (χ4v) is 1.92. The van der Waals surface area contributed by atoms with Gasteiger partial charge in [-0.15, -0.1) is 0 Å². The number of carbonyl (C=O) groups is 1. The molecular formula is C11H17NO5S. The van der Waals surface area contributed by atoms with E-state index in [-0.39, 0.29) is 11.7 Å². The number of nitrogens with zero attached hydrogens (tertiary/aromatic N) is 1. The average Bonchev–Trinajstić information content (AvgIpc) is 2.78. The molecule has 1 aromatic heterocycles. The van der Waals surface area contributed by atoms with Crippen molar-refractivity contribution in [1.82, 2.24) is 4.90 Å². The second-order valence-electron chi connectivity index (χ2n) is 3.83. The monoisotopic (exact) mass is 275 g/mol. The number of hydrogen-bond acceptors (Lipinski definition) is 4. The Bertz CT molecular complexity index is 505. The van der Waals surface area contributed by atoms with Gasteiger partial charge in [0.1, 0.15) is 0 Å². The topological polar surface area (TPSA) is 87.8 Å². The van der Waals surface area contributed by atoms with Crippen LogP contribution in [0.25, 0.3) is 0 Å². The molecule has 7 heteroatoms. The van der Waals surface area contributed by atoms with E-state index < -0.39 is 15.2 Å². The van der Waals surface area contributed by atoms with Crippen LogP contribution in [0, 0.1) is 0 Å². The van der Waals surface area contributed by atoms with Crippen LogP contribution in [-0.4, -0.2) is 36.9 Å². The molecule has 0 atom stereocenters. The molecule has 0 saturated carbocycles. The van der Waals surface area contributed by atoms with Crippen LogP contribution >= 0.6 is 0 Å². The Morgan fingerprint density at radius 1 is 1.39 bits per heavy atom. The van der Waals surface area contributed by atoms with E-state index in [2.05, 4.69) is 0 Å². The minimum absolute atomic E-state index is 0.0828. The molecule has 1 heterocycles. The summed E-state index contributed by atoms with van der Waals surface area (Å²) in [5.74, 6) is -0.457. The predicted octanol–water partition coefficient (Wildman–Crippen LogP) is 1.79. The van der Waals surface area contributed by atoms with Gasteiger partial charge >= 0.3 is 10.1 Å². The minimum atomic E-state index is -4.40. The molecule has 1 amide bonds. The third kappa shape index (κ3) is 3.58. The first kappa shape index (κ1) is 14.7. The molecule has 18 heavy (non-hydrogen) atoms. The Morgan fingerprint density at radius 2 is 2.06 bits per heavy atom. The summed E-state index contributed by atoms with van der Waals surface area (Å²) in [5.41, 5.74) is 0. The minimum Gasteiger partial charge on any atom is -0.437 e. The Kier molecular flexibility index (Phi) is 4.92. The van der Waals surface area contributed by atoms with Crippen molar-refractivity contribution in [3.05, 3.63) is 17.9 Å². The molecule has 0 aliphatic carbocycles. The largest absolute Gasteiger partial charge is 0.437 e. The molecular weight excluding hydrogens is 258 g/mol. The highest BCUT2D eigenvalue weighted by atomic mass is 32.2. The summed E-state index contributed by atoms with van der Waals surface area (Å²) in [5, 5.41) is -0.614. The zero-order chi connectivity index (χ0) is 13.8. The van der Waals surface area contributed by atoms with Crippen molar-refractivity contribution in [2.45, 2.75) is 31.8 Å². The van der Waals surface area contributed by atoms with Crippen molar-refractivity contribution in [3.8, 4) is 0 Å². The van der Waals surface area contributed by atoms with Crippen molar-refractivity contribution in [2.24, 2.45) is 0 Å². The van der Waals surface area contributed by atoms with Crippen LogP contribution in [-0.2, 0) is 10.1 Å². The lowest BCUT2D eigenvalue weighted by Crippen LogP contribution is -2.31. The molecule has 1 N–H and O–H groups in total. The van der Waals surface area contributed by atoms with Crippen molar-refractivity contribution in [1.29, 1.82) is 0 Å². The molecule has 0 fully saturated rings. The lowest BCUT2D eigenvalue weighted by molar-refractivity contribution is 0.0724. The van der Waals surface area contributed by atoms with Gasteiger partial charge in [-0.25, -0.2) is 0 Å². The number of unbranched alkanes of at least 4 members (excludes halogenated alkanes) is 1. The first-order chi connectivity index (χ1) is 8.40. The number of furan rings is 1. The Morgan fingerprint density at radius 3 is 2.50 bits per heavy atom. The molecule has 1 aromatic rings. The van der Waals surface area contributed by atoms with Gasteiger partial charge in [0.15, 0.2) is 5.76 Å². The summed E-state index contributed by atoms with van der Waals surface area (Å²) in [6.45, 7) is 4.95. The van der Waals surface area contributed by atoms with E-state index in [0.29, 0.717) is 13.1 Å². The van der Waals surface area contributed by atoms with Crippen LogP contribution in [0.5, 0.6) is 0 Å². The third-order valence-corrected chi connectivity index (χ3v) is 3.22. The fourth-order valence-electron chi connectivity index (χ4n) is 1.48. The molecule has 0 aliphatic heterocycles. The number of hydrogen-bond donors (Lipinski definition) is 1. The van der Waals surface area contributed by atoms with Gasteiger partial charge in [0.2, 0.25) is 5.09 Å². The maximum Gasteiger partial charge on any atom is 0.328 e. The molecule has 0 unspecified atom stereocenters. The van der Waals surface area contributed by atoms with E-state index in [1.165, 1.54) is 6.07 Å². The van der Waals surface area contributed by atoms with E-state index in [1.54, 1.807) is 4.90 Å². The summed E-state index contributed by atoms with van der Waals surface area (Å²) in [6, 6.07) is 2.32. The number of carbonyl (C=O) groups excluding carboxylic acids is 1. The van der Waals surface area contributed by atoms with Gasteiger partial charge in [-0.1, -0.05) is 13.3 Å². The average molecular weight is 275 g/mol. The summed E-state index contributed by atoms with van der Waals surface area (Å²) >= 11 is 0. The van der Waals surface area contributed by atoms with E-state index in [0.717, 1.165) is 18.9 Å². The molecule has 0 radical (unpaired) electrons. The maximum absolute atomic E-state index is 12.0. The van der Waals surface area contributed by atoms with Crippen LogP contribution < -0.4 is 0 Å². The molecule has 6 nitrogen and oxygen atoms in total. The van der Waals surface area contributed by atoms with E-state index in [4.69, 9.17) is 8.97 Å². The molecule has 0 aliphatic rings. The predicted molar refractivity (Wildman–Crippen MR) is 65.0 cm³/mol. The summed E-state index contributed by atoms with van der Waals surface area (Å²) in [4.78, 5) is 13.5. The SMILES string of the molecule is CCCCN(CC)C(=O)c1ccc(S(=O)(=O)O)o1. The Labute approximate surface area is 106 Å². The van der Waals surface area contributed by atoms with Crippen molar-refractivity contribution < 1.29 is 22.2 Å². The second-order valence-corrected chi connectivity index (χ2v) is 5.18. The highest BCUT2D eigenvalue weighted by Gasteiger charge is 2.21. The highest BCUT2D eigenvalue weighted by Crippen LogP contribution is 2.15. The Balaban J connectivity index is 2.86. The third-order valence-electron chi connectivity index (χ3n) is 2.50. The highest BCUT2D eigenvalue weighted by molar-refractivity contribution is 7.85. The standard InChI is InChI=1S/C11H17NO5S/c1-3-5-8-12(4-2)11(13)9-6-7-10(17-9)18(14,15)16/h6-7H,3-5,8H2,1-2H3,(H,14,15,16). The fraction of sp³-hybridized carbons (Fsp3) is 0.545. The molecule has 1 rings (SSSR count). The maximum atomic E-state index is 12.0. The van der Waals surface area contributed by atoms with Gasteiger partial charge in [-0.2, -0.15) is 8.42 Å². The first-order valence-electron chi connectivity index (χ1n) is 5.76. The zero-order valence-corrected chi connectivity index (χ0v) is 11.2. The Hall–Kier alpha value is -1.34. The van der Waals surface area contributed by atoms with Gasteiger partial charge < -0.3 is 9.32 Å². The van der Waals surface area contributed by atoms with Gasteiger partial charge in [-0.3, -0.25) is 9.35 Å². The first-order valence-corrected chi connectivity index (χ1v) is 7.20. The van der Waals surface area contributed by atoms with Crippen LogP contribution in [0.3, 0.4) is 0 Å². The van der Waals surface area contributed by atoms with Gasteiger partial charge in [0.05, 0.1) is 0 Å². The van der Waals surface area contributed by atoms with Crippen molar-refractivity contribution in [3.63, 3.8) is 0 Å². The molecule has 0 spiro atoms. The molecule has 0 saturated heterocycles. The van der Waals surface area contributed by atoms with E-state index >= 15 is 0 Å². The van der Waals surface area contributed by atoms with Gasteiger partial charge in [0, 0.05) is 13.1 Å². The summed E-state index contributed by atoms with van der Waals surface area (Å²) < 4.78 is 35.3. The van der Waals surface area contributed by atoms with Crippen LogP contribution in [0.4, 0.5) is 0 Å². The number of rotatable bonds is 6. The number of amides is 1. The van der Waals surface area contributed by atoms with Gasteiger partial charge in [0.25, 0.3) is 5.91 Å². The van der Waals surface area contributed by atoms with Crippen LogP contribution in [0.2, 0.25) is 0 Å². The van der Waals surface area contributed by atoms with Crippen molar-refractivity contribution in [2.75, 3.05) is 13.1 Å². The van der Waals surface area contributed by atoms with Crippen LogP contribution in [0.1, 0.15) is 37.2 Å². The second kappa shape index (κ2) is 6.01. The van der Waals surface area contributed by atoms with Crippen LogP contribution in [0.15, 0.2) is 21.6 Å². The van der Waals surface area contributed by atoms with Gasteiger partial charge in [-0.05, 0) is 25.5 Å². The quantitative estimate of drug-likeness (QED) is 0.800. The molecule has 0 bridgehead atoms. The lowest BCUT2D eigenvalue weighted by atomic mass is 10.3. The molecule has 0 aromatic carbocycles. The lowest BCUT2D eigenvalue weighted by Gasteiger charge is -2.18. The normalized spacial score (nSPS) is 11.5. The smallest absolute Gasteiger partial charge is 0.328 e. The van der Waals surface area contributed by atoms with E-state index in [1.807, 2.05) is 13.8 Å². The van der Waals surface area contributed by atoms with E-state index in [9.17, 15) is 13.2 Å². The van der Waals surface area contributed by atoms with Crippen molar-refractivity contribution >= 4 is 16.0 Å². The summed E-state index contributed by atoms with van der Waals surface area (Å²) in [6.07, 6.45) is 1.82.